The number of piperidine rings is 2. The summed E-state index contributed by atoms with van der Waals surface area (Å²) in [6, 6.07) is 0. The van der Waals surface area contributed by atoms with Gasteiger partial charge in [-0.1, -0.05) is 0 Å². The number of likely N-dealkylation sites (tertiary alicyclic amines) is 2. The van der Waals surface area contributed by atoms with Crippen LogP contribution in [0.4, 0.5) is 0 Å². The third-order valence-electron chi connectivity index (χ3n) is 5.85. The topological polar surface area (TPSA) is 78.7 Å². The number of hydrogen-bond acceptors (Lipinski definition) is 4. The molecule has 0 aliphatic carbocycles. The van der Waals surface area contributed by atoms with E-state index in [0.29, 0.717) is 25.9 Å². The SMILES string of the molecule is Cc1nccn1CCCC(=O)N1CCCC2(CCC(=O)N(CCO)C2)C1. The average molecular weight is 362 g/mol. The molecule has 0 aromatic carbocycles. The molecular formula is C19H30N4O3. The van der Waals surface area contributed by atoms with Crippen molar-refractivity contribution in [3.63, 3.8) is 0 Å². The van der Waals surface area contributed by atoms with Crippen LogP contribution < -0.4 is 0 Å². The van der Waals surface area contributed by atoms with E-state index in [0.717, 1.165) is 51.1 Å². The molecule has 2 aliphatic rings. The smallest absolute Gasteiger partial charge is 0.222 e. The number of nitrogens with zero attached hydrogens (tertiary/aromatic N) is 4. The molecule has 1 spiro atoms. The van der Waals surface area contributed by atoms with Crippen LogP contribution in [0.3, 0.4) is 0 Å². The maximum Gasteiger partial charge on any atom is 0.222 e. The van der Waals surface area contributed by atoms with Gasteiger partial charge in [0, 0.05) is 63.4 Å². The lowest BCUT2D eigenvalue weighted by atomic mass is 9.73. The lowest BCUT2D eigenvalue weighted by Crippen LogP contribution is -2.55. The largest absolute Gasteiger partial charge is 0.395 e. The molecule has 1 N–H and O–H groups in total. The summed E-state index contributed by atoms with van der Waals surface area (Å²) >= 11 is 0. The van der Waals surface area contributed by atoms with E-state index in [1.165, 1.54) is 0 Å². The molecule has 7 nitrogen and oxygen atoms in total. The van der Waals surface area contributed by atoms with Gasteiger partial charge in [-0.3, -0.25) is 9.59 Å². The molecule has 2 saturated heterocycles. The molecule has 144 valence electrons. The lowest BCUT2D eigenvalue weighted by molar-refractivity contribution is -0.143. The second kappa shape index (κ2) is 8.20. The van der Waals surface area contributed by atoms with Gasteiger partial charge in [0.15, 0.2) is 0 Å². The van der Waals surface area contributed by atoms with Crippen molar-refractivity contribution in [1.29, 1.82) is 0 Å². The molecule has 7 heteroatoms. The molecule has 1 aromatic heterocycles. The Morgan fingerprint density at radius 3 is 2.88 bits per heavy atom. The number of aliphatic hydroxyl groups is 1. The van der Waals surface area contributed by atoms with Gasteiger partial charge in [0.05, 0.1) is 6.61 Å². The van der Waals surface area contributed by atoms with Gasteiger partial charge >= 0.3 is 0 Å². The first-order valence-corrected chi connectivity index (χ1v) is 9.67. The fourth-order valence-corrected chi connectivity index (χ4v) is 4.38. The lowest BCUT2D eigenvalue weighted by Gasteiger charge is -2.48. The van der Waals surface area contributed by atoms with Crippen molar-refractivity contribution < 1.29 is 14.7 Å². The van der Waals surface area contributed by atoms with E-state index in [1.54, 1.807) is 11.1 Å². The third kappa shape index (κ3) is 4.26. The number of aryl methyl sites for hydroxylation is 2. The van der Waals surface area contributed by atoms with Crippen LogP contribution in [0, 0.1) is 12.3 Å². The highest BCUT2D eigenvalue weighted by atomic mass is 16.3. The number of imidazole rings is 1. The second-order valence-corrected chi connectivity index (χ2v) is 7.73. The van der Waals surface area contributed by atoms with Crippen LogP contribution in [0.15, 0.2) is 12.4 Å². The van der Waals surface area contributed by atoms with Gasteiger partial charge in [-0.05, 0) is 32.6 Å². The predicted molar refractivity (Wildman–Crippen MR) is 97.3 cm³/mol. The molecule has 26 heavy (non-hydrogen) atoms. The van der Waals surface area contributed by atoms with Crippen molar-refractivity contribution in [3.05, 3.63) is 18.2 Å². The maximum absolute atomic E-state index is 12.7. The number of amides is 2. The van der Waals surface area contributed by atoms with E-state index in [2.05, 4.69) is 9.55 Å². The van der Waals surface area contributed by atoms with Gasteiger partial charge in [0.2, 0.25) is 11.8 Å². The molecule has 3 heterocycles. The number of aromatic nitrogens is 2. The van der Waals surface area contributed by atoms with E-state index < -0.39 is 0 Å². The zero-order valence-corrected chi connectivity index (χ0v) is 15.7. The van der Waals surface area contributed by atoms with Gasteiger partial charge in [0.25, 0.3) is 0 Å². The second-order valence-electron chi connectivity index (χ2n) is 7.73. The first-order valence-electron chi connectivity index (χ1n) is 9.67. The molecule has 2 amide bonds. The highest BCUT2D eigenvalue weighted by Crippen LogP contribution is 2.39. The monoisotopic (exact) mass is 362 g/mol. The van der Waals surface area contributed by atoms with Crippen LogP contribution in [0.5, 0.6) is 0 Å². The van der Waals surface area contributed by atoms with Crippen molar-refractivity contribution in [1.82, 2.24) is 19.4 Å². The summed E-state index contributed by atoms with van der Waals surface area (Å²) in [5, 5.41) is 9.19. The van der Waals surface area contributed by atoms with Crippen molar-refractivity contribution in [2.24, 2.45) is 5.41 Å². The van der Waals surface area contributed by atoms with E-state index in [-0.39, 0.29) is 23.8 Å². The van der Waals surface area contributed by atoms with Crippen molar-refractivity contribution >= 4 is 11.8 Å². The molecule has 2 aliphatic heterocycles. The highest BCUT2D eigenvalue weighted by molar-refractivity contribution is 5.78. The van der Waals surface area contributed by atoms with Gasteiger partial charge < -0.3 is 19.5 Å². The summed E-state index contributed by atoms with van der Waals surface area (Å²) in [5.41, 5.74) is 0.0118. The third-order valence-corrected chi connectivity index (χ3v) is 5.85. The molecule has 1 aromatic rings. The van der Waals surface area contributed by atoms with Crippen LogP contribution >= 0.6 is 0 Å². The van der Waals surface area contributed by atoms with Crippen LogP contribution in [-0.2, 0) is 16.1 Å². The zero-order valence-electron chi connectivity index (χ0n) is 15.7. The van der Waals surface area contributed by atoms with Crippen LogP contribution in [0.2, 0.25) is 0 Å². The number of aliphatic hydroxyl groups excluding tert-OH is 1. The van der Waals surface area contributed by atoms with Gasteiger partial charge in [0.1, 0.15) is 5.82 Å². The maximum atomic E-state index is 12.7. The Bertz CT molecular complexity index is 644. The van der Waals surface area contributed by atoms with Gasteiger partial charge in [-0.15, -0.1) is 0 Å². The summed E-state index contributed by atoms with van der Waals surface area (Å²) in [4.78, 5) is 32.7. The minimum atomic E-state index is -0.00185. The van der Waals surface area contributed by atoms with Crippen LogP contribution in [0.1, 0.15) is 44.3 Å². The summed E-state index contributed by atoms with van der Waals surface area (Å²) in [7, 11) is 0. The van der Waals surface area contributed by atoms with Gasteiger partial charge in [-0.25, -0.2) is 4.98 Å². The number of rotatable bonds is 6. The minimum absolute atomic E-state index is 0.00185. The summed E-state index contributed by atoms with van der Waals surface area (Å²) in [6.07, 6.45) is 8.53. The fraction of sp³-hybridized carbons (Fsp3) is 0.737. The predicted octanol–water partition coefficient (Wildman–Crippen LogP) is 1.20. The summed E-state index contributed by atoms with van der Waals surface area (Å²) < 4.78 is 2.07. The first-order chi connectivity index (χ1) is 12.5. The molecule has 2 fully saturated rings. The number of carbonyl (C=O) groups excluding carboxylic acids is 2. The average Bonchev–Trinajstić information content (AvgIpc) is 3.04. The number of hydrogen-bond donors (Lipinski definition) is 1. The van der Waals surface area contributed by atoms with Gasteiger partial charge in [-0.2, -0.15) is 0 Å². The highest BCUT2D eigenvalue weighted by Gasteiger charge is 2.42. The Morgan fingerprint density at radius 2 is 2.15 bits per heavy atom. The number of β-amino-alcohol motifs (C(OH)–C–C–N with tert-alkyl or cyclic N) is 1. The molecule has 1 atom stereocenters. The van der Waals surface area contributed by atoms with Crippen molar-refractivity contribution in [2.75, 3.05) is 32.8 Å². The van der Waals surface area contributed by atoms with E-state index >= 15 is 0 Å². The van der Waals surface area contributed by atoms with E-state index in [9.17, 15) is 14.7 Å². The Balaban J connectivity index is 1.53. The zero-order chi connectivity index (χ0) is 18.6. The van der Waals surface area contributed by atoms with Crippen LogP contribution in [0.25, 0.3) is 0 Å². The molecule has 1 unspecified atom stereocenters. The quantitative estimate of drug-likeness (QED) is 0.825. The van der Waals surface area contributed by atoms with E-state index in [1.807, 2.05) is 18.0 Å². The Kier molecular flexibility index (Phi) is 5.96. The molecular weight excluding hydrogens is 332 g/mol. The van der Waals surface area contributed by atoms with E-state index in [4.69, 9.17) is 0 Å². The Morgan fingerprint density at radius 1 is 1.31 bits per heavy atom. The van der Waals surface area contributed by atoms with Crippen molar-refractivity contribution in [2.45, 2.75) is 52.0 Å². The Labute approximate surface area is 155 Å². The standard InChI is InChI=1S/C19H30N4O3/c1-16-20-8-11-21(16)9-2-4-17(25)22-10-3-6-19(14-22)7-5-18(26)23(15-19)12-13-24/h8,11,24H,2-7,9-10,12-15H2,1H3. The summed E-state index contributed by atoms with van der Waals surface area (Å²) in [6.45, 7) is 5.42. The van der Waals surface area contributed by atoms with Crippen molar-refractivity contribution in [3.8, 4) is 0 Å². The molecule has 0 saturated carbocycles. The minimum Gasteiger partial charge on any atom is -0.395 e. The fourth-order valence-electron chi connectivity index (χ4n) is 4.38. The number of carbonyl (C=O) groups is 2. The molecule has 3 rings (SSSR count). The Hall–Kier alpha value is -1.89. The normalized spacial score (nSPS) is 23.7. The molecule has 0 radical (unpaired) electrons. The summed E-state index contributed by atoms with van der Waals surface area (Å²) in [5.74, 6) is 1.32. The first kappa shape index (κ1) is 18.9. The molecule has 0 bridgehead atoms. The van der Waals surface area contributed by atoms with Crippen LogP contribution in [-0.4, -0.2) is 69.1 Å².